The second kappa shape index (κ2) is 7.52. The van der Waals surface area contributed by atoms with Gasteiger partial charge in [0, 0.05) is 9.37 Å². The van der Waals surface area contributed by atoms with Gasteiger partial charge in [-0.15, -0.1) is 11.8 Å². The Bertz CT molecular complexity index is 629. The standard InChI is InChI=1S/C16H17BrN2OS/c1-2-21-14-5-3-4-13(15(14)16(18)19)20-10-11-6-8-12(17)9-7-11/h3-9H,2,10H2,1H3,(H3,18,19). The summed E-state index contributed by atoms with van der Waals surface area (Å²) in [6.45, 7) is 2.53. The van der Waals surface area contributed by atoms with Crippen molar-refractivity contribution in [2.75, 3.05) is 5.75 Å². The van der Waals surface area contributed by atoms with Crippen LogP contribution in [0.5, 0.6) is 5.75 Å². The Morgan fingerprint density at radius 2 is 1.95 bits per heavy atom. The van der Waals surface area contributed by atoms with Gasteiger partial charge in [0.1, 0.15) is 18.2 Å². The van der Waals surface area contributed by atoms with Crippen LogP contribution in [-0.2, 0) is 6.61 Å². The molecule has 0 saturated carbocycles. The summed E-state index contributed by atoms with van der Waals surface area (Å²) >= 11 is 5.07. The van der Waals surface area contributed by atoms with Crippen molar-refractivity contribution in [1.82, 2.24) is 0 Å². The van der Waals surface area contributed by atoms with Gasteiger partial charge < -0.3 is 10.5 Å². The van der Waals surface area contributed by atoms with Crippen LogP contribution in [0, 0.1) is 5.41 Å². The van der Waals surface area contributed by atoms with Crippen LogP contribution < -0.4 is 10.5 Å². The molecule has 3 nitrogen and oxygen atoms in total. The fourth-order valence-corrected chi connectivity index (χ4v) is 3.02. The van der Waals surface area contributed by atoms with E-state index in [1.54, 1.807) is 11.8 Å². The number of nitrogen functional groups attached to an aromatic ring is 1. The minimum Gasteiger partial charge on any atom is -0.488 e. The second-order valence-electron chi connectivity index (χ2n) is 4.39. The molecule has 2 aromatic carbocycles. The normalized spacial score (nSPS) is 10.4. The Labute approximate surface area is 137 Å². The van der Waals surface area contributed by atoms with E-state index >= 15 is 0 Å². The maximum Gasteiger partial charge on any atom is 0.131 e. The van der Waals surface area contributed by atoms with E-state index in [1.165, 1.54) is 0 Å². The maximum absolute atomic E-state index is 7.78. The highest BCUT2D eigenvalue weighted by Gasteiger charge is 2.12. The van der Waals surface area contributed by atoms with Crippen LogP contribution in [0.3, 0.4) is 0 Å². The Morgan fingerprint density at radius 1 is 1.24 bits per heavy atom. The maximum atomic E-state index is 7.78. The molecule has 0 heterocycles. The molecule has 0 atom stereocenters. The van der Waals surface area contributed by atoms with Crippen LogP contribution in [0.4, 0.5) is 0 Å². The van der Waals surface area contributed by atoms with Crippen molar-refractivity contribution in [1.29, 1.82) is 5.41 Å². The molecule has 0 amide bonds. The first kappa shape index (κ1) is 15.9. The molecular weight excluding hydrogens is 348 g/mol. The molecule has 0 aliphatic carbocycles. The van der Waals surface area contributed by atoms with Gasteiger partial charge in [-0.3, -0.25) is 5.41 Å². The van der Waals surface area contributed by atoms with E-state index in [2.05, 4.69) is 22.9 Å². The van der Waals surface area contributed by atoms with Crippen molar-refractivity contribution in [3.05, 3.63) is 58.1 Å². The number of amidine groups is 1. The number of ether oxygens (including phenoxy) is 1. The quantitative estimate of drug-likeness (QED) is 0.453. The number of nitrogens with two attached hydrogens (primary N) is 1. The van der Waals surface area contributed by atoms with Crippen molar-refractivity contribution in [2.45, 2.75) is 18.4 Å². The van der Waals surface area contributed by atoms with E-state index in [0.717, 1.165) is 20.7 Å². The van der Waals surface area contributed by atoms with Crippen LogP contribution in [0.25, 0.3) is 0 Å². The summed E-state index contributed by atoms with van der Waals surface area (Å²) in [5.74, 6) is 1.62. The van der Waals surface area contributed by atoms with Crippen molar-refractivity contribution < 1.29 is 4.74 Å². The molecule has 0 aliphatic heterocycles. The van der Waals surface area contributed by atoms with Crippen LogP contribution in [0.1, 0.15) is 18.1 Å². The summed E-state index contributed by atoms with van der Waals surface area (Å²) in [5.41, 5.74) is 7.47. The van der Waals surface area contributed by atoms with E-state index < -0.39 is 0 Å². The average Bonchev–Trinajstić information content (AvgIpc) is 2.47. The first-order chi connectivity index (χ1) is 10.1. The van der Waals surface area contributed by atoms with Crippen LogP contribution in [0.15, 0.2) is 51.8 Å². The highest BCUT2D eigenvalue weighted by molar-refractivity contribution is 9.10. The summed E-state index contributed by atoms with van der Waals surface area (Å²) in [6, 6.07) is 13.7. The topological polar surface area (TPSA) is 59.1 Å². The van der Waals surface area contributed by atoms with Gasteiger partial charge in [-0.25, -0.2) is 0 Å². The smallest absolute Gasteiger partial charge is 0.131 e. The molecular formula is C16H17BrN2OS. The zero-order valence-corrected chi connectivity index (χ0v) is 14.1. The Kier molecular flexibility index (Phi) is 5.70. The molecule has 3 N–H and O–H groups in total. The molecule has 21 heavy (non-hydrogen) atoms. The fourth-order valence-electron chi connectivity index (χ4n) is 1.91. The minimum absolute atomic E-state index is 0.0392. The molecule has 0 fully saturated rings. The van der Waals surface area contributed by atoms with Crippen molar-refractivity contribution in [3.63, 3.8) is 0 Å². The van der Waals surface area contributed by atoms with E-state index in [-0.39, 0.29) is 5.84 Å². The Hall–Kier alpha value is -1.46. The lowest BCUT2D eigenvalue weighted by molar-refractivity contribution is 0.305. The monoisotopic (exact) mass is 364 g/mol. The largest absolute Gasteiger partial charge is 0.488 e. The highest BCUT2D eigenvalue weighted by atomic mass is 79.9. The Morgan fingerprint density at radius 3 is 2.57 bits per heavy atom. The lowest BCUT2D eigenvalue weighted by Crippen LogP contribution is -2.14. The third kappa shape index (κ3) is 4.25. The number of hydrogen-bond acceptors (Lipinski definition) is 3. The molecule has 0 aliphatic rings. The lowest BCUT2D eigenvalue weighted by atomic mass is 10.2. The van der Waals surface area contributed by atoms with Crippen molar-refractivity contribution in [2.24, 2.45) is 5.73 Å². The fraction of sp³-hybridized carbons (Fsp3) is 0.188. The zero-order chi connectivity index (χ0) is 15.2. The van der Waals surface area contributed by atoms with E-state index in [1.807, 2.05) is 42.5 Å². The molecule has 110 valence electrons. The molecule has 2 aromatic rings. The predicted octanol–water partition coefficient (Wildman–Crippen LogP) is 4.42. The van der Waals surface area contributed by atoms with Gasteiger partial charge in [0.25, 0.3) is 0 Å². The predicted molar refractivity (Wildman–Crippen MR) is 92.3 cm³/mol. The van der Waals surface area contributed by atoms with Gasteiger partial charge in [0.15, 0.2) is 0 Å². The zero-order valence-electron chi connectivity index (χ0n) is 11.7. The average molecular weight is 365 g/mol. The number of benzene rings is 2. The third-order valence-electron chi connectivity index (χ3n) is 2.86. The van der Waals surface area contributed by atoms with E-state index in [4.69, 9.17) is 15.9 Å². The van der Waals surface area contributed by atoms with Crippen LogP contribution in [0.2, 0.25) is 0 Å². The Balaban J connectivity index is 2.21. The number of rotatable bonds is 6. The van der Waals surface area contributed by atoms with Crippen LogP contribution >= 0.6 is 27.7 Å². The van der Waals surface area contributed by atoms with Gasteiger partial charge in [-0.05, 0) is 35.6 Å². The molecule has 2 rings (SSSR count). The molecule has 0 spiro atoms. The summed E-state index contributed by atoms with van der Waals surface area (Å²) < 4.78 is 6.90. The second-order valence-corrected chi connectivity index (χ2v) is 6.61. The number of nitrogens with one attached hydrogen (secondary N) is 1. The molecule has 0 aromatic heterocycles. The van der Waals surface area contributed by atoms with Gasteiger partial charge in [0.05, 0.1) is 5.56 Å². The summed E-state index contributed by atoms with van der Waals surface area (Å²) in [6.07, 6.45) is 0. The molecule has 0 radical (unpaired) electrons. The molecule has 0 bridgehead atoms. The molecule has 5 heteroatoms. The number of halogens is 1. The molecule has 0 saturated heterocycles. The van der Waals surface area contributed by atoms with Crippen molar-refractivity contribution in [3.8, 4) is 5.75 Å². The summed E-state index contributed by atoms with van der Waals surface area (Å²) in [4.78, 5) is 0.985. The first-order valence-corrected chi connectivity index (χ1v) is 8.37. The minimum atomic E-state index is 0.0392. The lowest BCUT2D eigenvalue weighted by Gasteiger charge is -2.14. The summed E-state index contributed by atoms with van der Waals surface area (Å²) in [7, 11) is 0. The summed E-state index contributed by atoms with van der Waals surface area (Å²) in [5, 5.41) is 7.78. The van der Waals surface area contributed by atoms with Crippen molar-refractivity contribution >= 4 is 33.5 Å². The van der Waals surface area contributed by atoms with Gasteiger partial charge in [-0.1, -0.05) is 41.1 Å². The SMILES string of the molecule is CCSc1cccc(OCc2ccc(Br)cc2)c1C(=N)N. The van der Waals surface area contributed by atoms with Gasteiger partial charge >= 0.3 is 0 Å². The molecule has 0 unspecified atom stereocenters. The van der Waals surface area contributed by atoms with Gasteiger partial charge in [0.2, 0.25) is 0 Å². The van der Waals surface area contributed by atoms with Crippen LogP contribution in [-0.4, -0.2) is 11.6 Å². The van der Waals surface area contributed by atoms with E-state index in [0.29, 0.717) is 17.9 Å². The van der Waals surface area contributed by atoms with E-state index in [9.17, 15) is 0 Å². The van der Waals surface area contributed by atoms with Gasteiger partial charge in [-0.2, -0.15) is 0 Å². The highest BCUT2D eigenvalue weighted by Crippen LogP contribution is 2.30. The first-order valence-electron chi connectivity index (χ1n) is 6.59. The third-order valence-corrected chi connectivity index (χ3v) is 4.33. The number of thioether (sulfide) groups is 1. The number of hydrogen-bond donors (Lipinski definition) is 2.